The summed E-state index contributed by atoms with van der Waals surface area (Å²) in [5, 5.41) is 6.47. The van der Waals surface area contributed by atoms with Crippen LogP contribution in [0, 0.1) is 11.7 Å². The van der Waals surface area contributed by atoms with Gasteiger partial charge in [-0.3, -0.25) is 0 Å². The zero-order valence-electron chi connectivity index (χ0n) is 11.0. The minimum atomic E-state index is -0.451. The number of hydrogen-bond donors (Lipinski definition) is 2. The number of halogens is 1. The first-order valence-corrected chi connectivity index (χ1v) is 6.53. The molecule has 1 saturated heterocycles. The predicted octanol–water partition coefficient (Wildman–Crippen LogP) is 2.02. The molecule has 0 aromatic heterocycles. The summed E-state index contributed by atoms with van der Waals surface area (Å²) in [6, 6.07) is 4.06. The van der Waals surface area contributed by atoms with Gasteiger partial charge in [0.2, 0.25) is 0 Å². The summed E-state index contributed by atoms with van der Waals surface area (Å²) < 4.78 is 18.0. The van der Waals surface area contributed by atoms with E-state index in [2.05, 4.69) is 10.6 Å². The van der Waals surface area contributed by atoms with Gasteiger partial charge >= 0.3 is 5.97 Å². The third kappa shape index (κ3) is 3.67. The summed E-state index contributed by atoms with van der Waals surface area (Å²) in [7, 11) is 1.32. The van der Waals surface area contributed by atoms with Gasteiger partial charge < -0.3 is 15.4 Å². The molecule has 104 valence electrons. The van der Waals surface area contributed by atoms with Gasteiger partial charge in [0.25, 0.3) is 0 Å². The van der Waals surface area contributed by atoms with E-state index in [0.717, 1.165) is 32.5 Å². The third-order valence-electron chi connectivity index (χ3n) is 3.43. The molecule has 0 aliphatic carbocycles. The number of nitrogens with one attached hydrogen (secondary N) is 2. The molecule has 1 aliphatic rings. The van der Waals surface area contributed by atoms with E-state index in [1.54, 1.807) is 0 Å². The number of esters is 1. The standard InChI is InChI=1S/C14H19FN2O2/c1-19-14(18)12-3-2-11(15)8-13(12)17-9-10-4-6-16-7-5-10/h2-3,8,10,16-17H,4-7,9H2,1H3. The van der Waals surface area contributed by atoms with Gasteiger partial charge in [0.05, 0.1) is 18.4 Å². The molecule has 1 aromatic rings. The second-order valence-corrected chi connectivity index (χ2v) is 4.76. The van der Waals surface area contributed by atoms with Crippen LogP contribution in [0.2, 0.25) is 0 Å². The first-order chi connectivity index (χ1) is 9.20. The SMILES string of the molecule is COC(=O)c1ccc(F)cc1NCC1CCNCC1. The molecule has 0 atom stereocenters. The van der Waals surface area contributed by atoms with Crippen LogP contribution in [-0.2, 0) is 4.74 Å². The lowest BCUT2D eigenvalue weighted by atomic mass is 9.98. The fourth-order valence-electron chi connectivity index (χ4n) is 2.29. The minimum Gasteiger partial charge on any atom is -0.465 e. The largest absolute Gasteiger partial charge is 0.465 e. The highest BCUT2D eigenvalue weighted by molar-refractivity contribution is 5.95. The number of carbonyl (C=O) groups is 1. The number of benzene rings is 1. The third-order valence-corrected chi connectivity index (χ3v) is 3.43. The second-order valence-electron chi connectivity index (χ2n) is 4.76. The Labute approximate surface area is 112 Å². The molecule has 1 aromatic carbocycles. The molecule has 1 aliphatic heterocycles. The molecular formula is C14H19FN2O2. The van der Waals surface area contributed by atoms with Crippen LogP contribution in [0.15, 0.2) is 18.2 Å². The average Bonchev–Trinajstić information content (AvgIpc) is 2.45. The summed E-state index contributed by atoms with van der Waals surface area (Å²) in [4.78, 5) is 11.6. The molecule has 0 amide bonds. The van der Waals surface area contributed by atoms with Crippen LogP contribution in [0.1, 0.15) is 23.2 Å². The summed E-state index contributed by atoms with van der Waals surface area (Å²) in [6.07, 6.45) is 2.19. The predicted molar refractivity (Wildman–Crippen MR) is 71.8 cm³/mol. The minimum absolute atomic E-state index is 0.361. The topological polar surface area (TPSA) is 50.4 Å². The molecule has 0 bridgehead atoms. The number of anilines is 1. The Bertz CT molecular complexity index is 445. The van der Waals surface area contributed by atoms with Crippen LogP contribution in [0.3, 0.4) is 0 Å². The van der Waals surface area contributed by atoms with Crippen molar-refractivity contribution in [1.29, 1.82) is 0 Å². The quantitative estimate of drug-likeness (QED) is 0.819. The van der Waals surface area contributed by atoms with E-state index >= 15 is 0 Å². The molecule has 0 unspecified atom stereocenters. The summed E-state index contributed by atoms with van der Waals surface area (Å²) in [5.74, 6) is -0.261. The van der Waals surface area contributed by atoms with Gasteiger partial charge in [-0.1, -0.05) is 0 Å². The number of ether oxygens (including phenoxy) is 1. The van der Waals surface area contributed by atoms with Crippen LogP contribution in [0.5, 0.6) is 0 Å². The van der Waals surface area contributed by atoms with E-state index in [1.165, 1.54) is 25.3 Å². The maximum absolute atomic E-state index is 13.3. The van der Waals surface area contributed by atoms with Gasteiger partial charge in [0.1, 0.15) is 5.82 Å². The van der Waals surface area contributed by atoms with E-state index in [9.17, 15) is 9.18 Å². The molecule has 2 rings (SSSR count). The molecular weight excluding hydrogens is 247 g/mol. The van der Waals surface area contributed by atoms with Crippen LogP contribution >= 0.6 is 0 Å². The van der Waals surface area contributed by atoms with E-state index in [0.29, 0.717) is 17.2 Å². The van der Waals surface area contributed by atoms with Gasteiger partial charge in [-0.05, 0) is 50.0 Å². The van der Waals surface area contributed by atoms with Crippen LogP contribution < -0.4 is 10.6 Å². The van der Waals surface area contributed by atoms with Crippen molar-refractivity contribution in [2.45, 2.75) is 12.8 Å². The normalized spacial score (nSPS) is 16.1. The van der Waals surface area contributed by atoms with Gasteiger partial charge in [0, 0.05) is 6.54 Å². The van der Waals surface area contributed by atoms with Crippen molar-refractivity contribution in [3.63, 3.8) is 0 Å². The average molecular weight is 266 g/mol. The Balaban J connectivity index is 2.05. The summed E-state index contributed by atoms with van der Waals surface area (Å²) in [6.45, 7) is 2.77. The number of piperidine rings is 1. The molecule has 4 nitrogen and oxygen atoms in total. The molecule has 5 heteroatoms. The van der Waals surface area contributed by atoms with Crippen molar-refractivity contribution >= 4 is 11.7 Å². The second kappa shape index (κ2) is 6.52. The van der Waals surface area contributed by atoms with Crippen molar-refractivity contribution in [1.82, 2.24) is 5.32 Å². The summed E-state index contributed by atoms with van der Waals surface area (Å²) in [5.41, 5.74) is 0.878. The van der Waals surface area contributed by atoms with Crippen LogP contribution in [0.25, 0.3) is 0 Å². The Kier molecular flexibility index (Phi) is 4.74. The molecule has 1 fully saturated rings. The van der Waals surface area contributed by atoms with Gasteiger partial charge in [0.15, 0.2) is 0 Å². The highest BCUT2D eigenvalue weighted by atomic mass is 19.1. The van der Waals surface area contributed by atoms with E-state index < -0.39 is 5.97 Å². The zero-order valence-corrected chi connectivity index (χ0v) is 11.0. The van der Waals surface area contributed by atoms with Crippen LogP contribution in [-0.4, -0.2) is 32.7 Å². The smallest absolute Gasteiger partial charge is 0.339 e. The summed E-state index contributed by atoms with van der Waals surface area (Å²) >= 11 is 0. The van der Waals surface area contributed by atoms with Crippen molar-refractivity contribution in [3.8, 4) is 0 Å². The lowest BCUT2D eigenvalue weighted by molar-refractivity contribution is 0.0601. The Morgan fingerprint density at radius 1 is 1.47 bits per heavy atom. The molecule has 2 N–H and O–H groups in total. The highest BCUT2D eigenvalue weighted by Gasteiger charge is 2.16. The Morgan fingerprint density at radius 3 is 2.89 bits per heavy atom. The molecule has 19 heavy (non-hydrogen) atoms. The first kappa shape index (κ1) is 13.8. The molecule has 1 heterocycles. The van der Waals surface area contributed by atoms with Gasteiger partial charge in [-0.25, -0.2) is 9.18 Å². The van der Waals surface area contributed by atoms with Crippen molar-refractivity contribution in [2.75, 3.05) is 32.1 Å². The van der Waals surface area contributed by atoms with Crippen molar-refractivity contribution < 1.29 is 13.9 Å². The lowest BCUT2D eigenvalue weighted by Crippen LogP contribution is -2.31. The number of rotatable bonds is 4. The monoisotopic (exact) mass is 266 g/mol. The van der Waals surface area contributed by atoms with Crippen molar-refractivity contribution in [2.24, 2.45) is 5.92 Å². The fourth-order valence-corrected chi connectivity index (χ4v) is 2.29. The number of methoxy groups -OCH3 is 1. The van der Waals surface area contributed by atoms with Gasteiger partial charge in [-0.2, -0.15) is 0 Å². The molecule has 0 spiro atoms. The maximum atomic E-state index is 13.3. The Hall–Kier alpha value is -1.62. The lowest BCUT2D eigenvalue weighted by Gasteiger charge is -2.23. The first-order valence-electron chi connectivity index (χ1n) is 6.53. The zero-order chi connectivity index (χ0) is 13.7. The number of carbonyl (C=O) groups excluding carboxylic acids is 1. The van der Waals surface area contributed by atoms with Gasteiger partial charge in [-0.15, -0.1) is 0 Å². The molecule has 0 saturated carbocycles. The molecule has 0 radical (unpaired) electrons. The fraction of sp³-hybridized carbons (Fsp3) is 0.500. The van der Waals surface area contributed by atoms with Crippen LogP contribution in [0.4, 0.5) is 10.1 Å². The highest BCUT2D eigenvalue weighted by Crippen LogP contribution is 2.20. The van der Waals surface area contributed by atoms with E-state index in [4.69, 9.17) is 4.74 Å². The van der Waals surface area contributed by atoms with E-state index in [1.807, 2.05) is 0 Å². The van der Waals surface area contributed by atoms with E-state index in [-0.39, 0.29) is 5.82 Å². The maximum Gasteiger partial charge on any atom is 0.339 e. The Morgan fingerprint density at radius 2 is 2.21 bits per heavy atom. The number of hydrogen-bond acceptors (Lipinski definition) is 4. The van der Waals surface area contributed by atoms with Crippen molar-refractivity contribution in [3.05, 3.63) is 29.6 Å².